The highest BCUT2D eigenvalue weighted by Crippen LogP contribution is 2.28. The molecule has 1 aromatic carbocycles. The average molecular weight is 504 g/mol. The highest BCUT2D eigenvalue weighted by Gasteiger charge is 2.38. The molecule has 0 aliphatic rings. The number of amides is 3. The van der Waals surface area contributed by atoms with Crippen molar-refractivity contribution in [2.45, 2.75) is 119 Å². The number of carbonyl (C=O) groups excluding carboxylic acids is 3. The molecule has 0 saturated heterocycles. The van der Waals surface area contributed by atoms with Crippen LogP contribution in [-0.2, 0) is 14.3 Å². The number of alkyl carbamates (subject to hydrolysis) is 1. The summed E-state index contributed by atoms with van der Waals surface area (Å²) in [6.07, 6.45) is 2.01. The van der Waals surface area contributed by atoms with Crippen LogP contribution in [0.15, 0.2) is 18.2 Å². The van der Waals surface area contributed by atoms with Gasteiger partial charge in [-0.05, 0) is 78.9 Å². The Morgan fingerprint density at radius 3 is 2.08 bits per heavy atom. The first-order valence-corrected chi connectivity index (χ1v) is 13.2. The van der Waals surface area contributed by atoms with Crippen molar-refractivity contribution in [1.29, 1.82) is 0 Å². The first-order chi connectivity index (χ1) is 16.5. The van der Waals surface area contributed by atoms with Gasteiger partial charge in [-0.15, -0.1) is 0 Å². The third kappa shape index (κ3) is 10.2. The molecule has 0 aliphatic carbocycles. The summed E-state index contributed by atoms with van der Waals surface area (Å²) in [5, 5.41) is 5.86. The second-order valence-corrected chi connectivity index (χ2v) is 12.1. The summed E-state index contributed by atoms with van der Waals surface area (Å²) in [7, 11) is 0. The van der Waals surface area contributed by atoms with Crippen LogP contribution in [0.5, 0.6) is 0 Å². The Balaban J connectivity index is 3.57. The highest BCUT2D eigenvalue weighted by molar-refractivity contribution is 5.92. The molecule has 0 heterocycles. The van der Waals surface area contributed by atoms with Crippen molar-refractivity contribution in [2.75, 3.05) is 6.54 Å². The Labute approximate surface area is 218 Å². The summed E-state index contributed by atoms with van der Waals surface area (Å²) in [6, 6.07) is 4.27. The number of carbonyl (C=O) groups is 3. The van der Waals surface area contributed by atoms with Gasteiger partial charge in [-0.1, -0.05) is 57.4 Å². The number of nitrogens with one attached hydrogen (secondary N) is 2. The molecule has 1 aromatic rings. The predicted molar refractivity (Wildman–Crippen MR) is 146 cm³/mol. The fourth-order valence-corrected chi connectivity index (χ4v) is 4.05. The Morgan fingerprint density at radius 2 is 1.61 bits per heavy atom. The number of rotatable bonds is 10. The number of nitrogens with zero attached hydrogens (tertiary/aromatic N) is 1. The van der Waals surface area contributed by atoms with E-state index in [9.17, 15) is 14.4 Å². The SMILES string of the molecule is CCCCCN(C(=O)C(NC(=O)OC(C)(C)C)C(C)C)C(C(=O)NC(C)(C)C)c1ccc(C)cc1C. The van der Waals surface area contributed by atoms with Crippen LogP contribution in [0.2, 0.25) is 0 Å². The Kier molecular flexibility index (Phi) is 11.5. The maximum Gasteiger partial charge on any atom is 0.408 e. The molecule has 0 radical (unpaired) electrons. The van der Waals surface area contributed by atoms with Crippen molar-refractivity contribution in [2.24, 2.45) is 5.92 Å². The molecule has 0 aliphatic heterocycles. The van der Waals surface area contributed by atoms with Crippen LogP contribution in [0.1, 0.15) is 104 Å². The largest absolute Gasteiger partial charge is 0.444 e. The lowest BCUT2D eigenvalue weighted by Crippen LogP contribution is -2.56. The van der Waals surface area contributed by atoms with E-state index in [2.05, 4.69) is 17.6 Å². The summed E-state index contributed by atoms with van der Waals surface area (Å²) >= 11 is 0. The first-order valence-electron chi connectivity index (χ1n) is 13.2. The standard InChI is InChI=1S/C29H49N3O4/c1-12-13-14-17-32(26(34)23(19(2)3)30-27(35)36-29(9,10)11)24(25(33)31-28(6,7)8)22-16-15-20(4)18-21(22)5/h15-16,18-19,23-24H,12-14,17H2,1-11H3,(H,30,35)(H,31,33). The molecule has 204 valence electrons. The quantitative estimate of drug-likeness (QED) is 0.393. The molecule has 2 atom stereocenters. The second kappa shape index (κ2) is 13.1. The minimum atomic E-state index is -0.836. The van der Waals surface area contributed by atoms with Gasteiger partial charge in [-0.3, -0.25) is 9.59 Å². The molecule has 2 N–H and O–H groups in total. The molecule has 0 bridgehead atoms. The zero-order valence-corrected chi connectivity index (χ0v) is 24.4. The van der Waals surface area contributed by atoms with E-state index in [-0.39, 0.29) is 17.7 Å². The van der Waals surface area contributed by atoms with Crippen molar-refractivity contribution >= 4 is 17.9 Å². The van der Waals surface area contributed by atoms with Crippen LogP contribution in [0.4, 0.5) is 4.79 Å². The maximum absolute atomic E-state index is 14.1. The van der Waals surface area contributed by atoms with Crippen LogP contribution in [0.25, 0.3) is 0 Å². The zero-order valence-electron chi connectivity index (χ0n) is 24.4. The van der Waals surface area contributed by atoms with E-state index in [0.717, 1.165) is 36.0 Å². The van der Waals surface area contributed by atoms with Crippen molar-refractivity contribution < 1.29 is 19.1 Å². The van der Waals surface area contributed by atoms with Crippen LogP contribution in [0, 0.1) is 19.8 Å². The molecular formula is C29H49N3O4. The topological polar surface area (TPSA) is 87.7 Å². The monoisotopic (exact) mass is 503 g/mol. The van der Waals surface area contributed by atoms with Crippen molar-refractivity contribution in [1.82, 2.24) is 15.5 Å². The van der Waals surface area contributed by atoms with Gasteiger partial charge >= 0.3 is 6.09 Å². The lowest BCUT2D eigenvalue weighted by Gasteiger charge is -2.37. The smallest absolute Gasteiger partial charge is 0.408 e. The molecule has 36 heavy (non-hydrogen) atoms. The third-order valence-corrected chi connectivity index (χ3v) is 5.67. The molecular weight excluding hydrogens is 454 g/mol. The Morgan fingerprint density at radius 1 is 1.00 bits per heavy atom. The summed E-state index contributed by atoms with van der Waals surface area (Å²) in [5.41, 5.74) is 1.65. The molecule has 1 rings (SSSR count). The van der Waals surface area contributed by atoms with E-state index >= 15 is 0 Å². The van der Waals surface area contributed by atoms with E-state index in [4.69, 9.17) is 4.74 Å². The lowest BCUT2D eigenvalue weighted by molar-refractivity contribution is -0.144. The molecule has 7 heteroatoms. The number of unbranched alkanes of at least 4 members (excludes halogenated alkanes) is 2. The van der Waals surface area contributed by atoms with Crippen molar-refractivity contribution in [3.8, 4) is 0 Å². The lowest BCUT2D eigenvalue weighted by atomic mass is 9.94. The maximum atomic E-state index is 14.1. The van der Waals surface area contributed by atoms with Gasteiger partial charge in [0.2, 0.25) is 11.8 Å². The summed E-state index contributed by atoms with van der Waals surface area (Å²) in [5.74, 6) is -0.732. The van der Waals surface area contributed by atoms with Gasteiger partial charge in [-0.2, -0.15) is 0 Å². The van der Waals surface area contributed by atoms with Gasteiger partial charge in [-0.25, -0.2) is 4.79 Å². The van der Waals surface area contributed by atoms with Crippen molar-refractivity contribution in [3.63, 3.8) is 0 Å². The van der Waals surface area contributed by atoms with Gasteiger partial charge in [0.15, 0.2) is 0 Å². The normalized spacial score (nSPS) is 13.7. The molecule has 0 fully saturated rings. The van der Waals surface area contributed by atoms with Crippen LogP contribution in [0.3, 0.4) is 0 Å². The number of hydrogen-bond acceptors (Lipinski definition) is 4. The van der Waals surface area contributed by atoms with E-state index in [1.54, 1.807) is 25.7 Å². The Hall–Kier alpha value is -2.57. The van der Waals surface area contributed by atoms with Crippen LogP contribution in [-0.4, -0.2) is 46.5 Å². The van der Waals surface area contributed by atoms with Gasteiger partial charge in [0.1, 0.15) is 17.7 Å². The summed E-state index contributed by atoms with van der Waals surface area (Å²) < 4.78 is 5.44. The molecule has 0 spiro atoms. The highest BCUT2D eigenvalue weighted by atomic mass is 16.6. The van der Waals surface area contributed by atoms with E-state index in [1.165, 1.54) is 0 Å². The average Bonchev–Trinajstić information content (AvgIpc) is 2.69. The predicted octanol–water partition coefficient (Wildman–Crippen LogP) is 5.83. The number of ether oxygens (including phenoxy) is 1. The van der Waals surface area contributed by atoms with Gasteiger partial charge < -0.3 is 20.3 Å². The molecule has 3 amide bonds. The fraction of sp³-hybridized carbons (Fsp3) is 0.690. The van der Waals surface area contributed by atoms with E-state index < -0.39 is 29.3 Å². The minimum Gasteiger partial charge on any atom is -0.444 e. The van der Waals surface area contributed by atoms with Crippen LogP contribution >= 0.6 is 0 Å². The van der Waals surface area contributed by atoms with Gasteiger partial charge in [0.25, 0.3) is 0 Å². The first kappa shape index (κ1) is 31.5. The number of benzene rings is 1. The fourth-order valence-electron chi connectivity index (χ4n) is 4.05. The summed E-state index contributed by atoms with van der Waals surface area (Å²) in [4.78, 5) is 42.2. The van der Waals surface area contributed by atoms with Gasteiger partial charge in [0.05, 0.1) is 0 Å². The zero-order chi connectivity index (χ0) is 27.8. The van der Waals surface area contributed by atoms with Crippen molar-refractivity contribution in [3.05, 3.63) is 34.9 Å². The molecule has 2 unspecified atom stereocenters. The van der Waals surface area contributed by atoms with Gasteiger partial charge in [0, 0.05) is 12.1 Å². The van der Waals surface area contributed by atoms with Crippen LogP contribution < -0.4 is 10.6 Å². The summed E-state index contributed by atoms with van der Waals surface area (Å²) in [6.45, 7) is 21.3. The molecule has 7 nitrogen and oxygen atoms in total. The second-order valence-electron chi connectivity index (χ2n) is 12.1. The molecule has 0 saturated carbocycles. The third-order valence-electron chi connectivity index (χ3n) is 5.67. The Bertz CT molecular complexity index is 897. The minimum absolute atomic E-state index is 0.205. The van der Waals surface area contributed by atoms with E-state index in [1.807, 2.05) is 66.7 Å². The number of aryl methyl sites for hydroxylation is 2. The van der Waals surface area contributed by atoms with E-state index in [0.29, 0.717) is 6.54 Å². The number of hydrogen-bond donors (Lipinski definition) is 2. The molecule has 0 aromatic heterocycles.